The highest BCUT2D eigenvalue weighted by atomic mass is 32.1. The van der Waals surface area contributed by atoms with Crippen molar-refractivity contribution in [1.29, 1.82) is 0 Å². The van der Waals surface area contributed by atoms with Crippen molar-refractivity contribution in [3.05, 3.63) is 77.1 Å². The molecule has 1 saturated heterocycles. The van der Waals surface area contributed by atoms with Crippen molar-refractivity contribution < 1.29 is 38.0 Å². The van der Waals surface area contributed by atoms with Gasteiger partial charge in [0.2, 0.25) is 0 Å². The van der Waals surface area contributed by atoms with E-state index in [1.54, 1.807) is 36.4 Å². The number of fused-ring (bicyclic) bond motifs is 2. The lowest BCUT2D eigenvalue weighted by molar-refractivity contribution is -0.132. The normalized spacial score (nSPS) is 17.5. The molecule has 3 heterocycles. The monoisotopic (exact) mass is 618 g/mol. The molecular weight excluding hydrogens is 587 g/mol. The highest BCUT2D eigenvalue weighted by molar-refractivity contribution is 7.22. The summed E-state index contributed by atoms with van der Waals surface area (Å²) >= 11 is 1.08. The fourth-order valence-electron chi connectivity index (χ4n) is 5.17. The predicted octanol–water partition coefficient (Wildman–Crippen LogP) is 6.66. The number of carbonyl (C=O) groups is 2. The molecule has 1 unspecified atom stereocenters. The van der Waals surface area contributed by atoms with Crippen LogP contribution in [-0.2, 0) is 9.59 Å². The molecule has 2 aliphatic rings. The van der Waals surface area contributed by atoms with E-state index in [-0.39, 0.29) is 22.0 Å². The van der Waals surface area contributed by atoms with E-state index >= 15 is 0 Å². The van der Waals surface area contributed by atoms with Crippen LogP contribution in [0.4, 0.5) is 9.52 Å². The Morgan fingerprint density at radius 2 is 1.84 bits per heavy atom. The summed E-state index contributed by atoms with van der Waals surface area (Å²) < 4.78 is 37.7. The average Bonchev–Trinajstić information content (AvgIpc) is 3.54. The van der Waals surface area contributed by atoms with Gasteiger partial charge in [-0.15, -0.1) is 0 Å². The van der Waals surface area contributed by atoms with Crippen molar-refractivity contribution in [3.8, 4) is 23.0 Å². The highest BCUT2D eigenvalue weighted by Crippen LogP contribution is 2.46. The Morgan fingerprint density at radius 3 is 2.61 bits per heavy atom. The maximum atomic E-state index is 14.0. The Hall–Kier alpha value is -4.64. The number of rotatable bonds is 9. The molecule has 9 nitrogen and oxygen atoms in total. The van der Waals surface area contributed by atoms with Crippen LogP contribution in [-0.4, -0.2) is 48.2 Å². The molecule has 6 rings (SSSR count). The fourth-order valence-corrected chi connectivity index (χ4v) is 6.18. The summed E-state index contributed by atoms with van der Waals surface area (Å²) in [5.41, 5.74) is 1.12. The second-order valence-corrected chi connectivity index (χ2v) is 11.8. The molecule has 0 spiro atoms. The molecule has 1 N–H and O–H groups in total. The van der Waals surface area contributed by atoms with Gasteiger partial charge in [0.25, 0.3) is 5.78 Å². The van der Waals surface area contributed by atoms with Crippen LogP contribution in [0.15, 0.2) is 60.2 Å². The number of ether oxygens (including phenoxy) is 4. The van der Waals surface area contributed by atoms with Gasteiger partial charge in [0.05, 0.1) is 35.0 Å². The van der Waals surface area contributed by atoms with Crippen molar-refractivity contribution >= 4 is 44.1 Å². The van der Waals surface area contributed by atoms with Crippen LogP contribution in [0, 0.1) is 11.7 Å². The van der Waals surface area contributed by atoms with Crippen molar-refractivity contribution in [2.45, 2.75) is 33.2 Å². The van der Waals surface area contributed by atoms with Crippen molar-refractivity contribution in [3.63, 3.8) is 0 Å². The van der Waals surface area contributed by atoms with E-state index in [9.17, 15) is 19.1 Å². The second-order valence-electron chi connectivity index (χ2n) is 10.8. The van der Waals surface area contributed by atoms with Gasteiger partial charge < -0.3 is 24.1 Å². The number of aliphatic hydroxyl groups excluding tert-OH is 1. The Morgan fingerprint density at radius 1 is 1.05 bits per heavy atom. The molecular formula is C33H31FN2O7S. The molecule has 0 bridgehead atoms. The maximum Gasteiger partial charge on any atom is 0.301 e. The first-order valence-electron chi connectivity index (χ1n) is 14.4. The highest BCUT2D eigenvalue weighted by Gasteiger charge is 2.48. The quantitative estimate of drug-likeness (QED) is 0.126. The molecule has 2 aliphatic heterocycles. The van der Waals surface area contributed by atoms with Crippen LogP contribution in [0.3, 0.4) is 0 Å². The van der Waals surface area contributed by atoms with Gasteiger partial charge in [-0.1, -0.05) is 31.3 Å². The predicted molar refractivity (Wildman–Crippen MR) is 164 cm³/mol. The summed E-state index contributed by atoms with van der Waals surface area (Å²) in [4.78, 5) is 33.3. The van der Waals surface area contributed by atoms with Crippen LogP contribution < -0.4 is 23.8 Å². The number of hydrogen-bond acceptors (Lipinski definition) is 9. The first-order valence-corrected chi connectivity index (χ1v) is 15.2. The molecule has 1 aromatic heterocycles. The number of aliphatic hydroxyl groups is 1. The van der Waals surface area contributed by atoms with Crippen LogP contribution in [0.1, 0.15) is 44.4 Å². The summed E-state index contributed by atoms with van der Waals surface area (Å²) in [7, 11) is 0. The number of thiazole rings is 1. The maximum absolute atomic E-state index is 14.0. The van der Waals surface area contributed by atoms with E-state index in [0.29, 0.717) is 71.1 Å². The molecule has 1 atom stereocenters. The Bertz CT molecular complexity index is 1780. The van der Waals surface area contributed by atoms with E-state index in [1.807, 2.05) is 6.92 Å². The minimum absolute atomic E-state index is 0.131. The lowest BCUT2D eigenvalue weighted by Gasteiger charge is -2.24. The zero-order chi connectivity index (χ0) is 31.0. The van der Waals surface area contributed by atoms with Crippen molar-refractivity contribution in [1.82, 2.24) is 4.98 Å². The van der Waals surface area contributed by atoms with Crippen LogP contribution in [0.2, 0.25) is 0 Å². The van der Waals surface area contributed by atoms with Crippen LogP contribution in [0.5, 0.6) is 23.0 Å². The lowest BCUT2D eigenvalue weighted by Crippen LogP contribution is -2.29. The summed E-state index contributed by atoms with van der Waals surface area (Å²) in [6.07, 6.45) is 0.848. The summed E-state index contributed by atoms with van der Waals surface area (Å²) in [5, 5.41) is 11.8. The third kappa shape index (κ3) is 5.55. The molecule has 44 heavy (non-hydrogen) atoms. The standard InChI is InChI=1S/C33H31FN2O7S/c1-4-40-25-15-19(5-9-23(25)41-12-11-18(2)3)29-28(30(37)20-6-10-24-26(16-20)43-14-13-42-24)31(38)32(39)36(29)33-35-22-8-7-21(34)17-27(22)44-33/h5-10,15-18,29,37H,4,11-14H2,1-3H3. The molecule has 0 saturated carbocycles. The summed E-state index contributed by atoms with van der Waals surface area (Å²) in [5.74, 6) is -0.240. The SMILES string of the molecule is CCOc1cc(C2C(=C(O)c3ccc4c(c3)OCCO4)C(=O)C(=O)N2c2nc3ccc(F)cc3s2)ccc1OCCC(C)C. The topological polar surface area (TPSA) is 107 Å². The third-order valence-electron chi connectivity index (χ3n) is 7.34. The number of halogens is 1. The van der Waals surface area contributed by atoms with E-state index in [0.717, 1.165) is 17.8 Å². The van der Waals surface area contributed by atoms with E-state index < -0.39 is 23.5 Å². The molecule has 4 aromatic rings. The minimum atomic E-state index is -1.07. The van der Waals surface area contributed by atoms with Gasteiger partial charge in [-0.2, -0.15) is 0 Å². The van der Waals surface area contributed by atoms with Crippen LogP contribution in [0.25, 0.3) is 16.0 Å². The van der Waals surface area contributed by atoms with Crippen LogP contribution >= 0.6 is 11.3 Å². The van der Waals surface area contributed by atoms with Gasteiger partial charge in [0.1, 0.15) is 24.8 Å². The van der Waals surface area contributed by atoms with Gasteiger partial charge in [-0.05, 0) is 73.4 Å². The molecule has 0 aliphatic carbocycles. The number of nitrogens with zero attached hydrogens (tertiary/aromatic N) is 2. The lowest BCUT2D eigenvalue weighted by atomic mass is 9.95. The minimum Gasteiger partial charge on any atom is -0.507 e. The number of amides is 1. The smallest absolute Gasteiger partial charge is 0.301 e. The number of benzene rings is 3. The molecule has 1 fully saturated rings. The fraction of sp³-hybridized carbons (Fsp3) is 0.303. The Kier molecular flexibility index (Phi) is 8.13. The number of anilines is 1. The Balaban J connectivity index is 1.50. The van der Waals surface area contributed by atoms with Gasteiger partial charge in [-0.25, -0.2) is 9.37 Å². The second kappa shape index (κ2) is 12.2. The van der Waals surface area contributed by atoms with E-state index in [4.69, 9.17) is 18.9 Å². The van der Waals surface area contributed by atoms with Gasteiger partial charge in [0.15, 0.2) is 28.1 Å². The largest absolute Gasteiger partial charge is 0.507 e. The molecule has 1 amide bonds. The number of aromatic nitrogens is 1. The van der Waals surface area contributed by atoms with Crippen molar-refractivity contribution in [2.75, 3.05) is 31.3 Å². The van der Waals surface area contributed by atoms with Crippen molar-refractivity contribution in [2.24, 2.45) is 5.92 Å². The van der Waals surface area contributed by atoms with Gasteiger partial charge in [-0.3, -0.25) is 14.5 Å². The molecule has 228 valence electrons. The number of ketones is 1. The number of hydrogen-bond donors (Lipinski definition) is 1. The summed E-state index contributed by atoms with van der Waals surface area (Å²) in [6.45, 7) is 7.64. The molecule has 0 radical (unpaired) electrons. The van der Waals surface area contributed by atoms with Gasteiger partial charge in [0, 0.05) is 5.56 Å². The first-order chi connectivity index (χ1) is 21.2. The van der Waals surface area contributed by atoms with Gasteiger partial charge >= 0.3 is 5.91 Å². The summed E-state index contributed by atoms with van der Waals surface area (Å²) in [6, 6.07) is 13.1. The molecule has 11 heteroatoms. The first kappa shape index (κ1) is 29.4. The third-order valence-corrected chi connectivity index (χ3v) is 8.36. The number of carbonyl (C=O) groups excluding carboxylic acids is 2. The van der Waals surface area contributed by atoms with E-state index in [1.165, 1.54) is 23.1 Å². The average molecular weight is 619 g/mol. The van der Waals surface area contributed by atoms with E-state index in [2.05, 4.69) is 18.8 Å². The number of Topliss-reactive ketones (excluding diaryl/α,β-unsaturated/α-hetero) is 1. The zero-order valence-electron chi connectivity index (χ0n) is 24.5. The molecule has 3 aromatic carbocycles. The Labute approximate surface area is 257 Å². The zero-order valence-corrected chi connectivity index (χ0v) is 25.3.